The largest absolute Gasteiger partial charge is 0.360 e. The summed E-state index contributed by atoms with van der Waals surface area (Å²) in [4.78, 5) is 11.8. The van der Waals surface area contributed by atoms with Gasteiger partial charge in [-0.05, 0) is 26.7 Å². The number of aromatic nitrogens is 2. The van der Waals surface area contributed by atoms with Crippen molar-refractivity contribution in [3.63, 3.8) is 0 Å². The maximum absolute atomic E-state index is 11.8. The van der Waals surface area contributed by atoms with E-state index < -0.39 is 0 Å². The molecule has 5 nitrogen and oxygen atoms in total. The fourth-order valence-electron chi connectivity index (χ4n) is 1.20. The molecule has 19 heavy (non-hydrogen) atoms. The SMILES string of the molecule is CCCNc1nnc(SCC(=O)NC(C)(C)CC)s1. The van der Waals surface area contributed by atoms with Crippen molar-refractivity contribution >= 4 is 34.1 Å². The van der Waals surface area contributed by atoms with Crippen LogP contribution in [0.3, 0.4) is 0 Å². The first-order valence-corrected chi connectivity index (χ1v) is 8.28. The Hall–Kier alpha value is -0.820. The predicted molar refractivity (Wildman–Crippen MR) is 81.9 cm³/mol. The molecule has 0 aliphatic heterocycles. The lowest BCUT2D eigenvalue weighted by molar-refractivity contribution is -0.120. The molecule has 0 bridgehead atoms. The van der Waals surface area contributed by atoms with Gasteiger partial charge in [0, 0.05) is 12.1 Å². The van der Waals surface area contributed by atoms with Crippen LogP contribution in [0.5, 0.6) is 0 Å². The lowest BCUT2D eigenvalue weighted by atomic mass is 10.0. The van der Waals surface area contributed by atoms with Crippen molar-refractivity contribution in [3.8, 4) is 0 Å². The van der Waals surface area contributed by atoms with Gasteiger partial charge in [-0.3, -0.25) is 4.79 Å². The predicted octanol–water partition coefficient (Wildman–Crippen LogP) is 2.76. The van der Waals surface area contributed by atoms with Crippen molar-refractivity contribution in [2.75, 3.05) is 17.6 Å². The number of hydrogen-bond donors (Lipinski definition) is 2. The molecular weight excluding hydrogens is 280 g/mol. The molecule has 0 aromatic carbocycles. The van der Waals surface area contributed by atoms with Gasteiger partial charge in [0.05, 0.1) is 5.75 Å². The van der Waals surface area contributed by atoms with Crippen molar-refractivity contribution in [3.05, 3.63) is 0 Å². The monoisotopic (exact) mass is 302 g/mol. The van der Waals surface area contributed by atoms with E-state index in [4.69, 9.17) is 0 Å². The van der Waals surface area contributed by atoms with Gasteiger partial charge in [-0.1, -0.05) is 36.9 Å². The summed E-state index contributed by atoms with van der Waals surface area (Å²) in [5.74, 6) is 0.418. The smallest absolute Gasteiger partial charge is 0.230 e. The van der Waals surface area contributed by atoms with Gasteiger partial charge >= 0.3 is 0 Å². The van der Waals surface area contributed by atoms with Crippen molar-refractivity contribution in [1.82, 2.24) is 15.5 Å². The van der Waals surface area contributed by atoms with E-state index in [2.05, 4.69) is 34.7 Å². The Morgan fingerprint density at radius 1 is 1.37 bits per heavy atom. The number of carbonyl (C=O) groups excluding carboxylic acids is 1. The van der Waals surface area contributed by atoms with Crippen LogP contribution in [0.4, 0.5) is 5.13 Å². The van der Waals surface area contributed by atoms with Crippen molar-refractivity contribution in [2.24, 2.45) is 0 Å². The van der Waals surface area contributed by atoms with E-state index in [0.29, 0.717) is 5.75 Å². The summed E-state index contributed by atoms with van der Waals surface area (Å²) in [5.41, 5.74) is -0.146. The minimum Gasteiger partial charge on any atom is -0.360 e. The summed E-state index contributed by atoms with van der Waals surface area (Å²) >= 11 is 2.92. The maximum Gasteiger partial charge on any atom is 0.230 e. The highest BCUT2D eigenvalue weighted by molar-refractivity contribution is 8.01. The zero-order valence-electron chi connectivity index (χ0n) is 11.9. The average molecular weight is 302 g/mol. The van der Waals surface area contributed by atoms with Crippen molar-refractivity contribution < 1.29 is 4.79 Å². The molecule has 0 aliphatic carbocycles. The Labute approximate surface area is 123 Å². The Morgan fingerprint density at radius 3 is 2.74 bits per heavy atom. The van der Waals surface area contributed by atoms with E-state index >= 15 is 0 Å². The van der Waals surface area contributed by atoms with Crippen LogP contribution in [0.15, 0.2) is 4.34 Å². The molecule has 7 heteroatoms. The van der Waals surface area contributed by atoms with Crippen molar-refractivity contribution in [2.45, 2.75) is 50.4 Å². The number of hydrogen-bond acceptors (Lipinski definition) is 6. The molecular formula is C12H22N4OS2. The molecule has 0 fully saturated rings. The molecule has 2 N–H and O–H groups in total. The van der Waals surface area contributed by atoms with E-state index in [9.17, 15) is 4.79 Å². The lowest BCUT2D eigenvalue weighted by Gasteiger charge is -2.24. The average Bonchev–Trinajstić information content (AvgIpc) is 2.81. The van der Waals surface area contributed by atoms with E-state index in [1.54, 1.807) is 0 Å². The molecule has 0 atom stereocenters. The zero-order chi connectivity index (χ0) is 14.3. The third kappa shape index (κ3) is 6.24. The van der Waals surface area contributed by atoms with Crippen LogP contribution in [0.2, 0.25) is 0 Å². The molecule has 0 aliphatic rings. The van der Waals surface area contributed by atoms with Crippen LogP contribution in [-0.4, -0.2) is 33.9 Å². The van der Waals surface area contributed by atoms with Crippen LogP contribution in [0, 0.1) is 0 Å². The molecule has 0 saturated carbocycles. The van der Waals surface area contributed by atoms with Gasteiger partial charge in [0.2, 0.25) is 11.0 Å². The van der Waals surface area contributed by atoms with E-state index in [-0.39, 0.29) is 11.4 Å². The minimum atomic E-state index is -0.146. The number of rotatable bonds is 8. The first-order valence-electron chi connectivity index (χ1n) is 6.48. The molecule has 0 saturated heterocycles. The molecule has 1 aromatic heterocycles. The van der Waals surface area contributed by atoms with Crippen molar-refractivity contribution in [1.29, 1.82) is 0 Å². The highest BCUT2D eigenvalue weighted by Gasteiger charge is 2.18. The quantitative estimate of drug-likeness (QED) is 0.723. The van der Waals surface area contributed by atoms with E-state index in [1.165, 1.54) is 23.1 Å². The van der Waals surface area contributed by atoms with Gasteiger partial charge in [-0.15, -0.1) is 10.2 Å². The second-order valence-corrected chi connectivity index (χ2v) is 7.07. The second-order valence-electron chi connectivity index (χ2n) is 4.87. The first kappa shape index (κ1) is 16.2. The number of anilines is 1. The van der Waals surface area contributed by atoms with Crippen LogP contribution < -0.4 is 10.6 Å². The Kier molecular flexibility index (Phi) is 6.57. The highest BCUT2D eigenvalue weighted by atomic mass is 32.2. The summed E-state index contributed by atoms with van der Waals surface area (Å²) in [7, 11) is 0. The topological polar surface area (TPSA) is 66.9 Å². The molecule has 0 unspecified atom stereocenters. The summed E-state index contributed by atoms with van der Waals surface area (Å²) in [5, 5.41) is 15.1. The standard InChI is InChI=1S/C12H22N4OS2/c1-5-7-13-10-15-16-11(19-10)18-8-9(17)14-12(3,4)6-2/h5-8H2,1-4H3,(H,13,15)(H,14,17). The van der Waals surface area contributed by atoms with Crippen LogP contribution >= 0.6 is 23.1 Å². The molecule has 1 heterocycles. The summed E-state index contributed by atoms with van der Waals surface area (Å²) in [6.07, 6.45) is 1.96. The molecule has 1 amide bonds. The molecule has 1 rings (SSSR count). The number of thioether (sulfide) groups is 1. The Balaban J connectivity index is 2.36. The third-order valence-electron chi connectivity index (χ3n) is 2.62. The summed E-state index contributed by atoms with van der Waals surface area (Å²) < 4.78 is 0.822. The first-order chi connectivity index (χ1) is 8.96. The highest BCUT2D eigenvalue weighted by Crippen LogP contribution is 2.25. The van der Waals surface area contributed by atoms with Gasteiger partial charge in [0.15, 0.2) is 4.34 Å². The summed E-state index contributed by atoms with van der Waals surface area (Å²) in [6.45, 7) is 9.10. The van der Waals surface area contributed by atoms with Gasteiger partial charge in [0.25, 0.3) is 0 Å². The van der Waals surface area contributed by atoms with Crippen LogP contribution in [0.25, 0.3) is 0 Å². The fourth-order valence-corrected chi connectivity index (χ4v) is 2.78. The van der Waals surface area contributed by atoms with Crippen LogP contribution in [0.1, 0.15) is 40.5 Å². The third-order valence-corrected chi connectivity index (χ3v) is 4.64. The Bertz CT molecular complexity index is 406. The van der Waals surface area contributed by atoms with Gasteiger partial charge in [-0.2, -0.15) is 0 Å². The number of amides is 1. The normalized spacial score (nSPS) is 11.4. The molecule has 0 radical (unpaired) electrons. The van der Waals surface area contributed by atoms with Gasteiger partial charge < -0.3 is 10.6 Å². The Morgan fingerprint density at radius 2 is 2.11 bits per heavy atom. The summed E-state index contributed by atoms with van der Waals surface area (Å²) in [6, 6.07) is 0. The number of nitrogens with zero attached hydrogens (tertiary/aromatic N) is 2. The molecule has 108 valence electrons. The fraction of sp³-hybridized carbons (Fsp3) is 0.750. The zero-order valence-corrected chi connectivity index (χ0v) is 13.6. The number of carbonyl (C=O) groups is 1. The number of nitrogens with one attached hydrogen (secondary N) is 2. The second kappa shape index (κ2) is 7.69. The minimum absolute atomic E-state index is 0.0371. The van der Waals surface area contributed by atoms with Gasteiger partial charge in [-0.25, -0.2) is 0 Å². The molecule has 1 aromatic rings. The van der Waals surface area contributed by atoms with E-state index in [1.807, 2.05) is 13.8 Å². The van der Waals surface area contributed by atoms with E-state index in [0.717, 1.165) is 28.9 Å². The lowest BCUT2D eigenvalue weighted by Crippen LogP contribution is -2.43. The van der Waals surface area contributed by atoms with Gasteiger partial charge in [0.1, 0.15) is 0 Å². The maximum atomic E-state index is 11.8. The molecule has 0 spiro atoms. The van der Waals surface area contributed by atoms with Crippen LogP contribution in [-0.2, 0) is 4.79 Å².